The fourth-order valence-corrected chi connectivity index (χ4v) is 2.00. The summed E-state index contributed by atoms with van der Waals surface area (Å²) in [6.07, 6.45) is 1.61. The van der Waals surface area contributed by atoms with Gasteiger partial charge in [0, 0.05) is 0 Å². The summed E-state index contributed by atoms with van der Waals surface area (Å²) in [5.41, 5.74) is 0. The third kappa shape index (κ3) is 2.45. The van der Waals surface area contributed by atoms with Crippen LogP contribution in [0.5, 0.6) is 6.01 Å². The predicted octanol–water partition coefficient (Wildman–Crippen LogP) is 2.59. The van der Waals surface area contributed by atoms with E-state index in [1.165, 1.54) is 18.9 Å². The summed E-state index contributed by atoms with van der Waals surface area (Å²) in [5, 5.41) is 0.580. The highest BCUT2D eigenvalue weighted by atomic mass is 35.5. The van der Waals surface area contributed by atoms with Gasteiger partial charge < -0.3 is 9.15 Å². The molecule has 0 aromatic carbocycles. The predicted molar refractivity (Wildman–Crippen MR) is 59.0 cm³/mol. The summed E-state index contributed by atoms with van der Waals surface area (Å²) >= 11 is 7.07. The molecule has 2 rings (SSSR count). The molecule has 2 heterocycles. The molecule has 0 unspecified atom stereocenters. The third-order valence-electron chi connectivity index (χ3n) is 1.76. The average Bonchev–Trinajstić information content (AvgIpc) is 2.63. The van der Waals surface area contributed by atoms with Gasteiger partial charge in [-0.15, -0.1) is 0 Å². The lowest BCUT2D eigenvalue weighted by molar-refractivity contribution is 0.373. The molecule has 0 fully saturated rings. The fraction of sp³-hybridized carbons (Fsp3) is 0.222. The van der Waals surface area contributed by atoms with Gasteiger partial charge >= 0.3 is 6.01 Å². The molecule has 16 heavy (non-hydrogen) atoms. The maximum atomic E-state index is 5.73. The van der Waals surface area contributed by atoms with E-state index in [0.29, 0.717) is 5.16 Å². The Bertz CT molecular complexity index is 503. The highest BCUT2D eigenvalue weighted by molar-refractivity contribution is 7.99. The third-order valence-corrected chi connectivity index (χ3v) is 2.94. The monoisotopic (exact) mass is 257 g/mol. The van der Waals surface area contributed by atoms with Gasteiger partial charge in [0.2, 0.25) is 5.28 Å². The molecule has 0 N–H and O–H groups in total. The molecular weight excluding hydrogens is 250 g/mol. The first-order valence-electron chi connectivity index (χ1n) is 4.36. The van der Waals surface area contributed by atoms with E-state index in [-0.39, 0.29) is 11.3 Å². The van der Waals surface area contributed by atoms with Gasteiger partial charge in [0.1, 0.15) is 5.76 Å². The van der Waals surface area contributed by atoms with Gasteiger partial charge in [-0.05, 0) is 36.4 Å². The second kappa shape index (κ2) is 4.71. The van der Waals surface area contributed by atoms with E-state index in [2.05, 4.69) is 15.0 Å². The minimum atomic E-state index is 0.107. The van der Waals surface area contributed by atoms with Gasteiger partial charge in [-0.3, -0.25) is 0 Å². The van der Waals surface area contributed by atoms with Crippen molar-refractivity contribution in [1.82, 2.24) is 15.0 Å². The standard InChI is InChI=1S/C9H8ClN3O2S/c1-5-6(3-4-15-5)16-9-12-7(10)11-8(13-9)14-2/h3-4H,1-2H3. The molecule has 2 aromatic heterocycles. The van der Waals surface area contributed by atoms with Crippen molar-refractivity contribution < 1.29 is 9.15 Å². The van der Waals surface area contributed by atoms with Crippen LogP contribution in [0.15, 0.2) is 26.8 Å². The van der Waals surface area contributed by atoms with Crippen LogP contribution in [0, 0.1) is 6.92 Å². The number of methoxy groups -OCH3 is 1. The van der Waals surface area contributed by atoms with Crippen LogP contribution in [0.25, 0.3) is 0 Å². The summed E-state index contributed by atoms with van der Waals surface area (Å²) in [4.78, 5) is 12.8. The Hall–Kier alpha value is -1.27. The Balaban J connectivity index is 2.28. The van der Waals surface area contributed by atoms with E-state index in [9.17, 15) is 0 Å². The zero-order chi connectivity index (χ0) is 11.5. The number of nitrogens with zero attached hydrogens (tertiary/aromatic N) is 3. The summed E-state index contributed by atoms with van der Waals surface area (Å²) in [6.45, 7) is 1.86. The molecule has 0 spiro atoms. The normalized spacial score (nSPS) is 10.4. The van der Waals surface area contributed by atoms with Crippen molar-refractivity contribution >= 4 is 23.4 Å². The highest BCUT2D eigenvalue weighted by Crippen LogP contribution is 2.29. The van der Waals surface area contributed by atoms with Crippen LogP contribution in [0.4, 0.5) is 0 Å². The molecule has 0 bridgehead atoms. The van der Waals surface area contributed by atoms with Crippen LogP contribution >= 0.6 is 23.4 Å². The first-order valence-corrected chi connectivity index (χ1v) is 5.56. The Kier molecular flexibility index (Phi) is 3.31. The van der Waals surface area contributed by atoms with Crippen molar-refractivity contribution in [1.29, 1.82) is 0 Å². The number of hydrogen-bond acceptors (Lipinski definition) is 6. The lowest BCUT2D eigenvalue weighted by atomic mass is 10.5. The first kappa shape index (κ1) is 11.2. The van der Waals surface area contributed by atoms with Gasteiger partial charge in [0.05, 0.1) is 18.3 Å². The Morgan fingerprint density at radius 2 is 2.19 bits per heavy atom. The van der Waals surface area contributed by atoms with Gasteiger partial charge in [0.25, 0.3) is 0 Å². The number of hydrogen-bond donors (Lipinski definition) is 0. The largest absolute Gasteiger partial charge is 0.468 e. The topological polar surface area (TPSA) is 61.0 Å². The zero-order valence-corrected chi connectivity index (χ0v) is 10.2. The summed E-state index contributed by atoms with van der Waals surface area (Å²) in [6, 6.07) is 2.04. The van der Waals surface area contributed by atoms with E-state index in [4.69, 9.17) is 20.8 Å². The molecule has 0 amide bonds. The number of rotatable bonds is 3. The number of ether oxygens (including phenoxy) is 1. The summed E-state index contributed by atoms with van der Waals surface area (Å²) in [5.74, 6) is 0.806. The molecule has 0 atom stereocenters. The summed E-state index contributed by atoms with van der Waals surface area (Å²) in [7, 11) is 1.48. The van der Waals surface area contributed by atoms with Gasteiger partial charge in [-0.25, -0.2) is 0 Å². The lowest BCUT2D eigenvalue weighted by Crippen LogP contribution is -1.96. The SMILES string of the molecule is COc1nc(Cl)nc(Sc2ccoc2C)n1. The number of aromatic nitrogens is 3. The van der Waals surface area contributed by atoms with Crippen LogP contribution in [0.2, 0.25) is 5.28 Å². The van der Waals surface area contributed by atoms with Crippen LogP contribution in [-0.2, 0) is 0 Å². The van der Waals surface area contributed by atoms with Gasteiger partial charge in [0.15, 0.2) is 5.16 Å². The first-order chi connectivity index (χ1) is 7.69. The van der Waals surface area contributed by atoms with Crippen molar-refractivity contribution in [2.24, 2.45) is 0 Å². The van der Waals surface area contributed by atoms with E-state index in [1.807, 2.05) is 13.0 Å². The van der Waals surface area contributed by atoms with Gasteiger partial charge in [-0.1, -0.05) is 0 Å². The molecule has 7 heteroatoms. The second-order valence-corrected chi connectivity index (χ2v) is 4.16. The van der Waals surface area contributed by atoms with E-state index in [0.717, 1.165) is 10.7 Å². The van der Waals surface area contributed by atoms with Crippen molar-refractivity contribution in [3.05, 3.63) is 23.4 Å². The highest BCUT2D eigenvalue weighted by Gasteiger charge is 2.09. The smallest absolute Gasteiger partial charge is 0.321 e. The second-order valence-electron chi connectivity index (χ2n) is 2.82. The molecule has 84 valence electrons. The van der Waals surface area contributed by atoms with E-state index < -0.39 is 0 Å². The minimum Gasteiger partial charge on any atom is -0.468 e. The molecule has 0 aliphatic rings. The molecule has 0 aliphatic heterocycles. The maximum Gasteiger partial charge on any atom is 0.321 e. The molecule has 0 saturated heterocycles. The molecule has 0 radical (unpaired) electrons. The van der Waals surface area contributed by atoms with Crippen molar-refractivity contribution in [2.75, 3.05) is 7.11 Å². The van der Waals surface area contributed by atoms with Crippen molar-refractivity contribution in [2.45, 2.75) is 17.0 Å². The Morgan fingerprint density at radius 1 is 1.38 bits per heavy atom. The maximum absolute atomic E-state index is 5.73. The van der Waals surface area contributed by atoms with E-state index >= 15 is 0 Å². The molecular formula is C9H8ClN3O2S. The number of aryl methyl sites for hydroxylation is 1. The van der Waals surface area contributed by atoms with Crippen molar-refractivity contribution in [3.8, 4) is 6.01 Å². The molecule has 5 nitrogen and oxygen atoms in total. The minimum absolute atomic E-state index is 0.107. The number of halogens is 1. The van der Waals surface area contributed by atoms with E-state index in [1.54, 1.807) is 6.26 Å². The average molecular weight is 258 g/mol. The van der Waals surface area contributed by atoms with Crippen LogP contribution < -0.4 is 4.74 Å². The quantitative estimate of drug-likeness (QED) is 0.842. The molecule has 0 aliphatic carbocycles. The van der Waals surface area contributed by atoms with Crippen LogP contribution in [0.3, 0.4) is 0 Å². The lowest BCUT2D eigenvalue weighted by Gasteiger charge is -2.01. The van der Waals surface area contributed by atoms with Crippen LogP contribution in [0.1, 0.15) is 5.76 Å². The Labute approximate surface area is 101 Å². The summed E-state index contributed by atoms with van der Waals surface area (Å²) < 4.78 is 10.1. The van der Waals surface area contributed by atoms with Crippen LogP contribution in [-0.4, -0.2) is 22.1 Å². The zero-order valence-electron chi connectivity index (χ0n) is 8.60. The number of furan rings is 1. The molecule has 0 saturated carbocycles. The van der Waals surface area contributed by atoms with Gasteiger partial charge in [-0.2, -0.15) is 15.0 Å². The fourth-order valence-electron chi connectivity index (χ4n) is 1.03. The van der Waals surface area contributed by atoms with Crippen molar-refractivity contribution in [3.63, 3.8) is 0 Å². The Morgan fingerprint density at radius 3 is 2.81 bits per heavy atom. The molecule has 2 aromatic rings.